The van der Waals surface area contributed by atoms with Crippen molar-refractivity contribution < 1.29 is 23.5 Å². The number of primary amides is 1. The van der Waals surface area contributed by atoms with Gasteiger partial charge in [0.15, 0.2) is 6.10 Å². The maximum atomic E-state index is 13.1. The summed E-state index contributed by atoms with van der Waals surface area (Å²) in [7, 11) is 2.93. The van der Waals surface area contributed by atoms with Crippen LogP contribution in [0.3, 0.4) is 0 Å². The molecule has 2 rings (SSSR count). The molecule has 0 aliphatic carbocycles. The quantitative estimate of drug-likeness (QED) is 0.832. The number of hydrogen-bond donors (Lipinski definition) is 1. The van der Waals surface area contributed by atoms with Crippen LogP contribution < -0.4 is 15.4 Å². The Hall–Kier alpha value is -2.93. The van der Waals surface area contributed by atoms with Crippen LogP contribution in [0.15, 0.2) is 48.5 Å². The van der Waals surface area contributed by atoms with E-state index in [1.807, 2.05) is 0 Å². The minimum absolute atomic E-state index is 0.347. The minimum atomic E-state index is -0.949. The summed E-state index contributed by atoms with van der Waals surface area (Å²) in [5.74, 6) is -0.993. The largest absolute Gasteiger partial charge is 0.497 e. The summed E-state index contributed by atoms with van der Waals surface area (Å²) in [6.07, 6.45) is -0.949. The van der Waals surface area contributed by atoms with Gasteiger partial charge in [-0.25, -0.2) is 4.39 Å². The zero-order chi connectivity index (χ0) is 18.4. The first-order valence-corrected chi connectivity index (χ1v) is 7.48. The summed E-state index contributed by atoms with van der Waals surface area (Å²) in [4.78, 5) is 25.5. The lowest BCUT2D eigenvalue weighted by molar-refractivity contribution is -0.130. The molecule has 2 amide bonds. The average molecular weight is 346 g/mol. The highest BCUT2D eigenvalue weighted by atomic mass is 19.1. The van der Waals surface area contributed by atoms with Crippen molar-refractivity contribution >= 4 is 17.5 Å². The number of hydrogen-bond acceptors (Lipinski definition) is 4. The molecule has 2 aromatic carbocycles. The fourth-order valence-electron chi connectivity index (χ4n) is 2.37. The Morgan fingerprint density at radius 3 is 2.16 bits per heavy atom. The zero-order valence-corrected chi connectivity index (χ0v) is 13.9. The summed E-state index contributed by atoms with van der Waals surface area (Å²) >= 11 is 0. The summed E-state index contributed by atoms with van der Waals surface area (Å²) < 4.78 is 23.6. The molecule has 0 spiro atoms. The second kappa shape index (κ2) is 8.25. The number of methoxy groups -OCH3 is 2. The van der Waals surface area contributed by atoms with Crippen molar-refractivity contribution in [3.63, 3.8) is 0 Å². The number of halogens is 1. The first-order valence-electron chi connectivity index (χ1n) is 7.48. The van der Waals surface area contributed by atoms with Crippen molar-refractivity contribution in [1.82, 2.24) is 0 Å². The Balaban J connectivity index is 2.34. The topological polar surface area (TPSA) is 81.9 Å². The fraction of sp³-hybridized carbons (Fsp3) is 0.222. The van der Waals surface area contributed by atoms with E-state index >= 15 is 0 Å². The predicted octanol–water partition coefficient (Wildman–Crippen LogP) is 2.04. The first kappa shape index (κ1) is 18.4. The summed E-state index contributed by atoms with van der Waals surface area (Å²) in [5.41, 5.74) is 6.19. The van der Waals surface area contributed by atoms with E-state index in [4.69, 9.17) is 15.2 Å². The van der Waals surface area contributed by atoms with E-state index in [2.05, 4.69) is 0 Å². The van der Waals surface area contributed by atoms with Gasteiger partial charge in [0.2, 0.25) is 5.91 Å². The van der Waals surface area contributed by atoms with Crippen LogP contribution in [0.1, 0.15) is 11.7 Å². The number of nitrogens with two attached hydrogens (primary N) is 1. The van der Waals surface area contributed by atoms with Crippen LogP contribution in [0.4, 0.5) is 10.1 Å². The van der Waals surface area contributed by atoms with Crippen molar-refractivity contribution in [2.45, 2.75) is 6.10 Å². The van der Waals surface area contributed by atoms with E-state index in [-0.39, 0.29) is 6.54 Å². The highest BCUT2D eigenvalue weighted by molar-refractivity contribution is 6.01. The monoisotopic (exact) mass is 346 g/mol. The van der Waals surface area contributed by atoms with Crippen LogP contribution in [0.25, 0.3) is 0 Å². The van der Waals surface area contributed by atoms with Gasteiger partial charge in [-0.1, -0.05) is 12.1 Å². The molecule has 2 aromatic rings. The van der Waals surface area contributed by atoms with E-state index in [0.717, 1.165) is 0 Å². The molecule has 1 atom stereocenters. The number of ether oxygens (including phenoxy) is 2. The molecule has 0 aliphatic heterocycles. The normalized spacial score (nSPS) is 11.6. The predicted molar refractivity (Wildman–Crippen MR) is 90.7 cm³/mol. The third-order valence-electron chi connectivity index (χ3n) is 3.60. The highest BCUT2D eigenvalue weighted by Crippen LogP contribution is 2.25. The first-order chi connectivity index (χ1) is 12.0. The molecule has 0 saturated carbocycles. The molecule has 0 fully saturated rings. The molecule has 0 saturated heterocycles. The van der Waals surface area contributed by atoms with E-state index in [1.165, 1.54) is 43.4 Å². The third kappa shape index (κ3) is 4.54. The van der Waals surface area contributed by atoms with Crippen molar-refractivity contribution in [3.8, 4) is 5.75 Å². The van der Waals surface area contributed by atoms with Gasteiger partial charge >= 0.3 is 0 Å². The van der Waals surface area contributed by atoms with Crippen LogP contribution in [0.5, 0.6) is 5.75 Å². The van der Waals surface area contributed by atoms with Gasteiger partial charge in [-0.15, -0.1) is 0 Å². The summed E-state index contributed by atoms with van der Waals surface area (Å²) in [6.45, 7) is -0.347. The second-order valence-corrected chi connectivity index (χ2v) is 5.26. The lowest BCUT2D eigenvalue weighted by Crippen LogP contribution is -2.41. The van der Waals surface area contributed by atoms with Gasteiger partial charge in [0.1, 0.15) is 18.1 Å². The molecule has 2 N–H and O–H groups in total. The zero-order valence-electron chi connectivity index (χ0n) is 13.9. The Labute approximate surface area is 144 Å². The molecule has 0 aromatic heterocycles. The highest BCUT2D eigenvalue weighted by Gasteiger charge is 2.28. The number of anilines is 1. The van der Waals surface area contributed by atoms with Gasteiger partial charge in [-0.05, 0) is 42.0 Å². The molecule has 0 heterocycles. The lowest BCUT2D eigenvalue weighted by Gasteiger charge is -2.26. The standard InChI is InChI=1S/C18H19FN2O4/c1-24-15-9-3-12(4-10-15)17(25-2)18(23)21(11-16(20)22)14-7-5-13(19)6-8-14/h3-10,17H,11H2,1-2H3,(H2,20,22). The lowest BCUT2D eigenvalue weighted by atomic mass is 10.1. The maximum absolute atomic E-state index is 13.1. The number of carbonyl (C=O) groups is 2. The minimum Gasteiger partial charge on any atom is -0.497 e. The van der Waals surface area contributed by atoms with Gasteiger partial charge in [0.05, 0.1) is 7.11 Å². The smallest absolute Gasteiger partial charge is 0.261 e. The van der Waals surface area contributed by atoms with Gasteiger partial charge in [0, 0.05) is 12.8 Å². The Morgan fingerprint density at radius 1 is 1.08 bits per heavy atom. The molecule has 132 valence electrons. The third-order valence-corrected chi connectivity index (χ3v) is 3.60. The van der Waals surface area contributed by atoms with Gasteiger partial charge in [-0.2, -0.15) is 0 Å². The maximum Gasteiger partial charge on any atom is 0.261 e. The van der Waals surface area contributed by atoms with Gasteiger partial charge in [-0.3, -0.25) is 9.59 Å². The SMILES string of the molecule is COc1ccc(C(OC)C(=O)N(CC(N)=O)c2ccc(F)cc2)cc1. The second-order valence-electron chi connectivity index (χ2n) is 5.26. The molecule has 0 aliphatic rings. The number of amides is 2. The Kier molecular flexibility index (Phi) is 6.08. The molecule has 7 heteroatoms. The van der Waals surface area contributed by atoms with Crippen LogP contribution in [-0.2, 0) is 14.3 Å². The van der Waals surface area contributed by atoms with E-state index in [0.29, 0.717) is 17.0 Å². The molecular weight excluding hydrogens is 327 g/mol. The fourth-order valence-corrected chi connectivity index (χ4v) is 2.37. The molecule has 0 radical (unpaired) electrons. The molecular formula is C18H19FN2O4. The van der Waals surface area contributed by atoms with Gasteiger partial charge < -0.3 is 20.1 Å². The van der Waals surface area contributed by atoms with E-state index < -0.39 is 23.7 Å². The number of carbonyl (C=O) groups excluding carboxylic acids is 2. The van der Waals surface area contributed by atoms with Crippen molar-refractivity contribution in [1.29, 1.82) is 0 Å². The Morgan fingerprint density at radius 2 is 1.68 bits per heavy atom. The van der Waals surface area contributed by atoms with Crippen LogP contribution in [-0.4, -0.2) is 32.6 Å². The Bertz CT molecular complexity index is 732. The molecule has 0 bridgehead atoms. The van der Waals surface area contributed by atoms with Crippen molar-refractivity contribution in [3.05, 3.63) is 59.9 Å². The molecule has 1 unspecified atom stereocenters. The van der Waals surface area contributed by atoms with Crippen LogP contribution in [0, 0.1) is 5.82 Å². The van der Waals surface area contributed by atoms with E-state index in [9.17, 15) is 14.0 Å². The number of benzene rings is 2. The van der Waals surface area contributed by atoms with Crippen LogP contribution >= 0.6 is 0 Å². The van der Waals surface area contributed by atoms with Crippen molar-refractivity contribution in [2.75, 3.05) is 25.7 Å². The van der Waals surface area contributed by atoms with Crippen LogP contribution in [0.2, 0.25) is 0 Å². The molecule has 6 nitrogen and oxygen atoms in total. The number of nitrogens with zero attached hydrogens (tertiary/aromatic N) is 1. The van der Waals surface area contributed by atoms with E-state index in [1.54, 1.807) is 24.3 Å². The number of rotatable bonds is 7. The van der Waals surface area contributed by atoms with Gasteiger partial charge in [0.25, 0.3) is 5.91 Å². The summed E-state index contributed by atoms with van der Waals surface area (Å²) in [5, 5.41) is 0. The van der Waals surface area contributed by atoms with Crippen molar-refractivity contribution in [2.24, 2.45) is 5.73 Å². The summed E-state index contributed by atoms with van der Waals surface area (Å²) in [6, 6.07) is 12.0. The average Bonchev–Trinajstić information content (AvgIpc) is 2.61. The molecule has 25 heavy (non-hydrogen) atoms.